The summed E-state index contributed by atoms with van der Waals surface area (Å²) in [6, 6.07) is 0. The molecule has 0 radical (unpaired) electrons. The number of rotatable bonds is 28. The van der Waals surface area contributed by atoms with Crippen molar-refractivity contribution in [1.82, 2.24) is 0 Å². The van der Waals surface area contributed by atoms with Crippen molar-refractivity contribution < 1.29 is 62.3 Å². The zero-order valence-corrected chi connectivity index (χ0v) is 27.7. The summed E-state index contributed by atoms with van der Waals surface area (Å²) in [6.07, 6.45) is 38.2. The van der Waals surface area contributed by atoms with E-state index in [0.29, 0.717) is 13.0 Å². The van der Waals surface area contributed by atoms with Gasteiger partial charge >= 0.3 is 57.4 Å². The molecule has 35 heavy (non-hydrogen) atoms. The molecular formula is C32H63KO2. The van der Waals surface area contributed by atoms with Gasteiger partial charge in [0.05, 0.1) is 6.61 Å². The van der Waals surface area contributed by atoms with E-state index in [-0.39, 0.29) is 58.8 Å². The van der Waals surface area contributed by atoms with Crippen LogP contribution in [0.15, 0.2) is 12.2 Å². The van der Waals surface area contributed by atoms with Crippen molar-refractivity contribution in [3.63, 3.8) is 0 Å². The van der Waals surface area contributed by atoms with Gasteiger partial charge in [-0.05, 0) is 38.5 Å². The molecule has 0 spiro atoms. The molecule has 0 saturated heterocycles. The van der Waals surface area contributed by atoms with E-state index >= 15 is 0 Å². The molecule has 0 aromatic heterocycles. The molecule has 0 aliphatic heterocycles. The molecular weight excluding hydrogens is 455 g/mol. The summed E-state index contributed by atoms with van der Waals surface area (Å²) in [6.45, 7) is 5.18. The summed E-state index contributed by atoms with van der Waals surface area (Å²) in [7, 11) is 0. The van der Waals surface area contributed by atoms with E-state index in [4.69, 9.17) is 4.74 Å². The molecule has 0 aromatic rings. The predicted molar refractivity (Wildman–Crippen MR) is 153 cm³/mol. The zero-order chi connectivity index (χ0) is 24.8. The van der Waals surface area contributed by atoms with E-state index < -0.39 is 0 Å². The van der Waals surface area contributed by atoms with Crippen molar-refractivity contribution in [3.05, 3.63) is 12.2 Å². The Labute approximate surface area is 265 Å². The van der Waals surface area contributed by atoms with Crippen LogP contribution in [0.5, 0.6) is 0 Å². The van der Waals surface area contributed by atoms with Crippen LogP contribution in [0.1, 0.15) is 182 Å². The number of carbonyl (C=O) groups excluding carboxylic acids is 1. The van der Waals surface area contributed by atoms with Gasteiger partial charge in [0.15, 0.2) is 0 Å². The van der Waals surface area contributed by atoms with Crippen molar-refractivity contribution in [2.75, 3.05) is 6.61 Å². The van der Waals surface area contributed by atoms with Crippen molar-refractivity contribution in [1.29, 1.82) is 0 Å². The number of allylic oxidation sites excluding steroid dienone is 2. The minimum atomic E-state index is 0. The molecule has 0 heterocycles. The Kier molecular flexibility index (Phi) is 37.8. The Hall–Kier alpha value is 0.846. The van der Waals surface area contributed by atoms with E-state index in [2.05, 4.69) is 26.0 Å². The van der Waals surface area contributed by atoms with Crippen molar-refractivity contribution in [3.8, 4) is 0 Å². The van der Waals surface area contributed by atoms with Gasteiger partial charge in [0, 0.05) is 6.42 Å². The topological polar surface area (TPSA) is 26.3 Å². The Morgan fingerprint density at radius 1 is 0.514 bits per heavy atom. The number of hydrogen-bond acceptors (Lipinski definition) is 2. The summed E-state index contributed by atoms with van der Waals surface area (Å²) in [5.41, 5.74) is 0. The third-order valence-electron chi connectivity index (χ3n) is 6.90. The number of ether oxygens (including phenoxy) is 1. The van der Waals surface area contributed by atoms with Crippen LogP contribution < -0.4 is 51.4 Å². The van der Waals surface area contributed by atoms with Crippen LogP contribution in [0, 0.1) is 0 Å². The van der Waals surface area contributed by atoms with Gasteiger partial charge in [-0.2, -0.15) is 0 Å². The molecule has 0 aliphatic carbocycles. The summed E-state index contributed by atoms with van der Waals surface area (Å²) >= 11 is 0. The van der Waals surface area contributed by atoms with Crippen molar-refractivity contribution in [2.24, 2.45) is 0 Å². The predicted octanol–water partition coefficient (Wildman–Crippen LogP) is 8.38. The molecule has 0 unspecified atom stereocenters. The summed E-state index contributed by atoms with van der Waals surface area (Å²) in [4.78, 5) is 11.8. The standard InChI is InChI=1S/C32H62O2.K.H/c1-3-5-7-9-11-13-15-17-18-19-20-22-24-26-28-30-32(33)34-31-29-27-25-23-21-16-14-12-10-8-6-4-2;;/h17-18H,3-16,19-31H2,1-2H3;;/q;+1;-1/b18-17-;;. The fraction of sp³-hybridized carbons (Fsp3) is 0.906. The van der Waals surface area contributed by atoms with Crippen molar-refractivity contribution in [2.45, 2.75) is 181 Å². The number of hydrogen-bond donors (Lipinski definition) is 0. The van der Waals surface area contributed by atoms with E-state index in [0.717, 1.165) is 19.3 Å². The SMILES string of the molecule is CCCCCCCC/C=C\CCCCCCCC(=O)OCCCCCCCCCCCCCC.[H-].[K+]. The maximum Gasteiger partial charge on any atom is 1.00 e. The fourth-order valence-corrected chi connectivity index (χ4v) is 4.54. The van der Waals surface area contributed by atoms with Crippen LogP contribution in [0.4, 0.5) is 0 Å². The second-order valence-electron chi connectivity index (χ2n) is 10.4. The summed E-state index contributed by atoms with van der Waals surface area (Å²) in [5, 5.41) is 0. The molecule has 0 saturated carbocycles. The third kappa shape index (κ3) is 34.8. The molecule has 0 aromatic carbocycles. The van der Waals surface area contributed by atoms with Crippen LogP contribution >= 0.6 is 0 Å². The Balaban J connectivity index is -0.00000544. The first-order valence-corrected chi connectivity index (χ1v) is 15.6. The van der Waals surface area contributed by atoms with E-state index in [9.17, 15) is 4.79 Å². The van der Waals surface area contributed by atoms with Gasteiger partial charge in [-0.3, -0.25) is 4.79 Å². The number of unbranched alkanes of at least 4 members (excludes halogenated alkanes) is 22. The first-order valence-electron chi connectivity index (χ1n) is 15.6. The third-order valence-corrected chi connectivity index (χ3v) is 6.90. The maximum atomic E-state index is 11.8. The number of carbonyl (C=O) groups is 1. The molecule has 3 heteroatoms. The molecule has 2 nitrogen and oxygen atoms in total. The second-order valence-corrected chi connectivity index (χ2v) is 10.4. The van der Waals surface area contributed by atoms with Crippen LogP contribution in [0.2, 0.25) is 0 Å². The van der Waals surface area contributed by atoms with Gasteiger partial charge in [-0.15, -0.1) is 0 Å². The molecule has 0 fully saturated rings. The second kappa shape index (κ2) is 34.8. The Morgan fingerprint density at radius 3 is 1.29 bits per heavy atom. The molecule has 0 N–H and O–H groups in total. The van der Waals surface area contributed by atoms with E-state index in [1.54, 1.807) is 0 Å². The Bertz CT molecular complexity index is 428. The average Bonchev–Trinajstić information content (AvgIpc) is 2.84. The molecule has 0 rings (SSSR count). The van der Waals surface area contributed by atoms with Crippen LogP contribution in [0.25, 0.3) is 0 Å². The van der Waals surface area contributed by atoms with Gasteiger partial charge in [-0.1, -0.05) is 148 Å². The Morgan fingerprint density at radius 2 is 0.857 bits per heavy atom. The van der Waals surface area contributed by atoms with E-state index in [1.807, 2.05) is 0 Å². The van der Waals surface area contributed by atoms with Gasteiger partial charge < -0.3 is 6.16 Å². The average molecular weight is 519 g/mol. The van der Waals surface area contributed by atoms with Crippen LogP contribution in [0.3, 0.4) is 0 Å². The summed E-state index contributed by atoms with van der Waals surface area (Å²) in [5.74, 6) is 0.0145. The molecule has 0 bridgehead atoms. The molecule has 0 atom stereocenters. The quantitative estimate of drug-likeness (QED) is 0.0450. The van der Waals surface area contributed by atoms with Gasteiger partial charge in [0.2, 0.25) is 0 Å². The van der Waals surface area contributed by atoms with Crippen molar-refractivity contribution >= 4 is 5.97 Å². The smallest absolute Gasteiger partial charge is 1.00 e. The van der Waals surface area contributed by atoms with Crippen LogP contribution in [-0.4, -0.2) is 12.6 Å². The van der Waals surface area contributed by atoms with E-state index in [1.165, 1.54) is 141 Å². The minimum absolute atomic E-state index is 0. The zero-order valence-electron chi connectivity index (χ0n) is 25.6. The van der Waals surface area contributed by atoms with Gasteiger partial charge in [-0.25, -0.2) is 0 Å². The minimum Gasteiger partial charge on any atom is -1.00 e. The van der Waals surface area contributed by atoms with Gasteiger partial charge in [0.1, 0.15) is 0 Å². The first-order chi connectivity index (χ1) is 16.8. The molecule has 0 amide bonds. The fourth-order valence-electron chi connectivity index (χ4n) is 4.54. The van der Waals surface area contributed by atoms with Crippen LogP contribution in [-0.2, 0) is 9.53 Å². The largest absolute Gasteiger partial charge is 1.00 e. The summed E-state index contributed by atoms with van der Waals surface area (Å²) < 4.78 is 5.40. The molecule has 0 aliphatic rings. The monoisotopic (exact) mass is 518 g/mol. The first kappa shape index (κ1) is 38.0. The molecule has 204 valence electrons. The number of esters is 1. The normalized spacial score (nSPS) is 11.1. The van der Waals surface area contributed by atoms with Gasteiger partial charge in [0.25, 0.3) is 0 Å². The maximum absolute atomic E-state index is 11.8.